The summed E-state index contributed by atoms with van der Waals surface area (Å²) in [4.78, 5) is 0. The molecule has 2 aliphatic rings. The molecule has 0 bridgehead atoms. The van der Waals surface area contributed by atoms with E-state index >= 15 is 0 Å². The second-order valence-corrected chi connectivity index (χ2v) is 15.6. The first-order valence-corrected chi connectivity index (χ1v) is 19.9. The Morgan fingerprint density at radius 3 is 1.47 bits per heavy atom. The molecule has 0 radical (unpaired) electrons. The lowest BCUT2D eigenvalue weighted by Crippen LogP contribution is -2.25. The van der Waals surface area contributed by atoms with Gasteiger partial charge in [-0.1, -0.05) is 152 Å². The highest BCUT2D eigenvalue weighted by atomic mass is 15.0. The zero-order valence-corrected chi connectivity index (χ0v) is 31.0. The number of rotatable bonds is 3. The van der Waals surface area contributed by atoms with Gasteiger partial charge in [-0.15, -0.1) is 0 Å². The van der Waals surface area contributed by atoms with Gasteiger partial charge in [0.15, 0.2) is 0 Å². The van der Waals surface area contributed by atoms with Crippen molar-refractivity contribution in [2.75, 3.05) is 0 Å². The van der Waals surface area contributed by atoms with Crippen LogP contribution < -0.4 is 0 Å². The summed E-state index contributed by atoms with van der Waals surface area (Å²) in [6.45, 7) is 0. The molecular weight excluding hydrogens is 689 g/mol. The maximum absolute atomic E-state index is 2.53. The molecule has 1 spiro atoms. The number of aromatic nitrogens is 2. The average molecular weight is 723 g/mol. The number of hydrogen-bond acceptors (Lipinski definition) is 0. The van der Waals surface area contributed by atoms with Gasteiger partial charge in [0, 0.05) is 38.5 Å². The Kier molecular flexibility index (Phi) is 6.13. The van der Waals surface area contributed by atoms with Crippen LogP contribution in [0.5, 0.6) is 0 Å². The summed E-state index contributed by atoms with van der Waals surface area (Å²) >= 11 is 0. The Morgan fingerprint density at radius 1 is 0.281 bits per heavy atom. The summed E-state index contributed by atoms with van der Waals surface area (Å²) in [5.41, 5.74) is 19.9. The van der Waals surface area contributed by atoms with E-state index in [1.54, 1.807) is 0 Å². The van der Waals surface area contributed by atoms with E-state index in [1.807, 2.05) is 0 Å². The molecule has 11 aromatic rings. The van der Waals surface area contributed by atoms with Gasteiger partial charge in [0.1, 0.15) is 0 Å². The van der Waals surface area contributed by atoms with Crippen LogP contribution in [0.4, 0.5) is 0 Å². The molecule has 2 aromatic heterocycles. The third-order valence-electron chi connectivity index (χ3n) is 12.9. The van der Waals surface area contributed by atoms with Gasteiger partial charge in [-0.25, -0.2) is 0 Å². The van der Waals surface area contributed by atoms with Crippen molar-refractivity contribution < 1.29 is 0 Å². The van der Waals surface area contributed by atoms with Crippen LogP contribution in [0.25, 0.3) is 88.4 Å². The van der Waals surface area contributed by atoms with Crippen LogP contribution in [-0.4, -0.2) is 9.13 Å². The quantitative estimate of drug-likeness (QED) is 0.172. The smallest absolute Gasteiger partial charge is 0.0726 e. The van der Waals surface area contributed by atoms with Crippen molar-refractivity contribution in [1.29, 1.82) is 0 Å². The number of para-hydroxylation sites is 4. The molecule has 13 rings (SSSR count). The Bertz CT molecular complexity index is 3410. The summed E-state index contributed by atoms with van der Waals surface area (Å²) in [6.07, 6.45) is 0. The van der Waals surface area contributed by atoms with Gasteiger partial charge >= 0.3 is 0 Å². The number of hydrogen-bond donors (Lipinski definition) is 0. The van der Waals surface area contributed by atoms with Crippen LogP contribution >= 0.6 is 0 Å². The monoisotopic (exact) mass is 722 g/mol. The molecular formula is C55H34N2. The van der Waals surface area contributed by atoms with Crippen molar-refractivity contribution >= 4 is 43.6 Å². The molecule has 2 aliphatic carbocycles. The van der Waals surface area contributed by atoms with Crippen LogP contribution in [0.2, 0.25) is 0 Å². The van der Waals surface area contributed by atoms with E-state index in [0.717, 1.165) is 11.4 Å². The van der Waals surface area contributed by atoms with Gasteiger partial charge in [-0.2, -0.15) is 0 Å². The van der Waals surface area contributed by atoms with Crippen LogP contribution in [0.1, 0.15) is 22.3 Å². The van der Waals surface area contributed by atoms with Crippen molar-refractivity contribution in [2.24, 2.45) is 0 Å². The fourth-order valence-corrected chi connectivity index (χ4v) is 10.7. The molecule has 57 heavy (non-hydrogen) atoms. The Labute approximate surface area is 330 Å². The Hall–Kier alpha value is -7.42. The lowest BCUT2D eigenvalue weighted by molar-refractivity contribution is 0.794. The molecule has 0 aliphatic heterocycles. The fraction of sp³-hybridized carbons (Fsp3) is 0.0182. The zero-order valence-electron chi connectivity index (χ0n) is 31.0. The van der Waals surface area contributed by atoms with Crippen molar-refractivity contribution in [1.82, 2.24) is 9.13 Å². The normalized spacial score (nSPS) is 13.4. The summed E-state index contributed by atoms with van der Waals surface area (Å²) < 4.78 is 4.93. The average Bonchev–Trinajstić information content (AvgIpc) is 3.98. The molecule has 2 heterocycles. The Balaban J connectivity index is 1.14. The minimum Gasteiger partial charge on any atom is -0.309 e. The molecule has 0 unspecified atom stereocenters. The molecule has 0 amide bonds. The highest BCUT2D eigenvalue weighted by Crippen LogP contribution is 2.63. The van der Waals surface area contributed by atoms with E-state index in [0.29, 0.717) is 0 Å². The molecule has 0 atom stereocenters. The minimum atomic E-state index is -0.406. The van der Waals surface area contributed by atoms with Crippen LogP contribution in [0.3, 0.4) is 0 Å². The molecule has 0 fully saturated rings. The largest absolute Gasteiger partial charge is 0.309 e. The zero-order chi connectivity index (χ0) is 37.2. The minimum absolute atomic E-state index is 0.406. The second kappa shape index (κ2) is 11.3. The van der Waals surface area contributed by atoms with E-state index in [4.69, 9.17) is 0 Å². The van der Waals surface area contributed by atoms with Crippen molar-refractivity contribution in [3.05, 3.63) is 229 Å². The third kappa shape index (κ3) is 3.94. The highest BCUT2D eigenvalue weighted by Gasteiger charge is 2.51. The van der Waals surface area contributed by atoms with Crippen molar-refractivity contribution in [2.45, 2.75) is 5.41 Å². The van der Waals surface area contributed by atoms with Gasteiger partial charge in [0.05, 0.1) is 27.5 Å². The topological polar surface area (TPSA) is 9.86 Å². The van der Waals surface area contributed by atoms with E-state index in [-0.39, 0.29) is 0 Å². The molecule has 264 valence electrons. The van der Waals surface area contributed by atoms with Crippen LogP contribution in [0.15, 0.2) is 206 Å². The SMILES string of the molecule is c1ccc(-n2c3ccc(-c4cccc5c6ccccc6n(-c6ccccc6)c45)cc3c3cc4c(cc32)C2(c3ccccc3-c3ccccc32)c2ccccc2-4)cc1. The summed E-state index contributed by atoms with van der Waals surface area (Å²) in [6, 6.07) is 76.7. The fourth-order valence-electron chi connectivity index (χ4n) is 10.7. The highest BCUT2D eigenvalue weighted by molar-refractivity contribution is 6.16. The number of benzene rings is 9. The van der Waals surface area contributed by atoms with Gasteiger partial charge in [-0.3, -0.25) is 0 Å². The Morgan fingerprint density at radius 2 is 0.789 bits per heavy atom. The third-order valence-corrected chi connectivity index (χ3v) is 12.9. The maximum atomic E-state index is 2.53. The van der Waals surface area contributed by atoms with Crippen molar-refractivity contribution in [3.63, 3.8) is 0 Å². The van der Waals surface area contributed by atoms with Gasteiger partial charge in [0.25, 0.3) is 0 Å². The first-order valence-electron chi connectivity index (χ1n) is 19.9. The van der Waals surface area contributed by atoms with E-state index in [1.165, 1.54) is 99.2 Å². The molecule has 0 saturated carbocycles. The first kappa shape index (κ1) is 30.9. The summed E-state index contributed by atoms with van der Waals surface area (Å²) in [5, 5.41) is 5.03. The maximum Gasteiger partial charge on any atom is 0.0726 e. The summed E-state index contributed by atoms with van der Waals surface area (Å²) in [7, 11) is 0. The second-order valence-electron chi connectivity index (χ2n) is 15.6. The molecule has 9 aromatic carbocycles. The predicted molar refractivity (Wildman–Crippen MR) is 237 cm³/mol. The number of nitrogens with zero attached hydrogens (tertiary/aromatic N) is 2. The van der Waals surface area contributed by atoms with E-state index in [9.17, 15) is 0 Å². The molecule has 0 N–H and O–H groups in total. The molecule has 2 heteroatoms. The van der Waals surface area contributed by atoms with E-state index in [2.05, 4.69) is 215 Å². The molecule has 2 nitrogen and oxygen atoms in total. The standard InChI is InChI=1S/C55H34N2/c1-3-16-36(17-4-1)56-52-31-30-35(38-24-15-25-43-42-23-10-14-29-51(42)57(54(38)43)37-18-5-2-6-19-37)32-45(52)46-33-44-41-22-9-13-28-49(41)55(50(44)34-53(46)56)47-26-11-7-20-39(47)40-21-8-12-27-48(40)55/h1-34H. The van der Waals surface area contributed by atoms with Crippen LogP contribution in [0, 0.1) is 0 Å². The van der Waals surface area contributed by atoms with Gasteiger partial charge in [-0.05, 0) is 105 Å². The molecule has 0 saturated heterocycles. The number of fused-ring (bicyclic) bond motifs is 16. The van der Waals surface area contributed by atoms with Crippen LogP contribution in [-0.2, 0) is 5.41 Å². The van der Waals surface area contributed by atoms with Gasteiger partial charge in [0.2, 0.25) is 0 Å². The predicted octanol–water partition coefficient (Wildman–Crippen LogP) is 13.9. The lowest BCUT2D eigenvalue weighted by atomic mass is 9.70. The summed E-state index contributed by atoms with van der Waals surface area (Å²) in [5.74, 6) is 0. The van der Waals surface area contributed by atoms with E-state index < -0.39 is 5.41 Å². The first-order chi connectivity index (χ1) is 28.3. The van der Waals surface area contributed by atoms with Gasteiger partial charge < -0.3 is 9.13 Å². The van der Waals surface area contributed by atoms with Crippen molar-refractivity contribution in [3.8, 4) is 44.8 Å². The lowest BCUT2D eigenvalue weighted by Gasteiger charge is -2.30.